The fourth-order valence-corrected chi connectivity index (χ4v) is 0.622. The Morgan fingerprint density at radius 1 is 1.64 bits per heavy atom. The number of allylic oxidation sites excluding steroid dienone is 2. The maximum absolute atomic E-state index is 8.48. The first-order valence-corrected chi connectivity index (χ1v) is 3.54. The lowest BCUT2D eigenvalue weighted by Gasteiger charge is -2.11. The number of nitriles is 1. The van der Waals surface area contributed by atoms with Crippen LogP contribution in [0.3, 0.4) is 0 Å². The Balaban J connectivity index is 4.23. The maximum atomic E-state index is 8.48. The van der Waals surface area contributed by atoms with Gasteiger partial charge in [-0.3, -0.25) is 0 Å². The van der Waals surface area contributed by atoms with Crippen LogP contribution in [0.25, 0.3) is 0 Å². The molecule has 0 fully saturated rings. The minimum Gasteiger partial charge on any atom is -0.490 e. The van der Waals surface area contributed by atoms with Crippen molar-refractivity contribution in [2.45, 2.75) is 26.9 Å². The molecule has 0 bridgehead atoms. The van der Waals surface area contributed by atoms with Crippen molar-refractivity contribution in [3.8, 4) is 6.07 Å². The second-order valence-electron chi connectivity index (χ2n) is 2.41. The lowest BCUT2D eigenvalue weighted by molar-refractivity contribution is 0.155. The molecule has 0 aromatic heterocycles. The van der Waals surface area contributed by atoms with E-state index >= 15 is 0 Å². The van der Waals surface area contributed by atoms with E-state index in [0.717, 1.165) is 0 Å². The first-order chi connectivity index (χ1) is 5.11. The second-order valence-corrected chi connectivity index (χ2v) is 2.41. The summed E-state index contributed by atoms with van der Waals surface area (Å²) in [6, 6.07) is 1.93. The van der Waals surface area contributed by atoms with Gasteiger partial charge in [0, 0.05) is 0 Å². The second kappa shape index (κ2) is 4.56. The van der Waals surface area contributed by atoms with E-state index in [1.54, 1.807) is 6.08 Å². The van der Waals surface area contributed by atoms with E-state index in [1.807, 2.05) is 26.8 Å². The molecule has 0 radical (unpaired) electrons. The molecule has 2 heteroatoms. The summed E-state index contributed by atoms with van der Waals surface area (Å²) in [6.07, 6.45) is 1.83. The van der Waals surface area contributed by atoms with Gasteiger partial charge in [0.25, 0.3) is 0 Å². The van der Waals surface area contributed by atoms with Gasteiger partial charge in [0.15, 0.2) is 0 Å². The van der Waals surface area contributed by atoms with Crippen molar-refractivity contribution in [3.05, 3.63) is 24.0 Å². The first kappa shape index (κ1) is 9.77. The van der Waals surface area contributed by atoms with Gasteiger partial charge in [-0.05, 0) is 26.8 Å². The predicted molar refractivity (Wildman–Crippen MR) is 44.7 cm³/mol. The van der Waals surface area contributed by atoms with Crippen molar-refractivity contribution < 1.29 is 4.74 Å². The summed E-state index contributed by atoms with van der Waals surface area (Å²) in [5, 5.41) is 8.48. The zero-order valence-corrected chi connectivity index (χ0v) is 7.22. The Morgan fingerprint density at radius 3 is 2.45 bits per heavy atom. The third-order valence-electron chi connectivity index (χ3n) is 1.06. The summed E-state index contributed by atoms with van der Waals surface area (Å²) in [5.41, 5.74) is 0.376. The molecule has 0 N–H and O–H groups in total. The molecule has 0 aliphatic heterocycles. The third kappa shape index (κ3) is 3.47. The van der Waals surface area contributed by atoms with Gasteiger partial charge < -0.3 is 4.74 Å². The summed E-state index contributed by atoms with van der Waals surface area (Å²) >= 11 is 0. The molecule has 60 valence electrons. The fraction of sp³-hybridized carbons (Fsp3) is 0.444. The number of hydrogen-bond acceptors (Lipinski definition) is 2. The highest BCUT2D eigenvalue weighted by Crippen LogP contribution is 2.10. The SMILES string of the molecule is C=C(C#N)C(=CC)OC(C)C. The molecular weight excluding hydrogens is 138 g/mol. The third-order valence-corrected chi connectivity index (χ3v) is 1.06. The number of hydrogen-bond donors (Lipinski definition) is 0. The van der Waals surface area contributed by atoms with Crippen molar-refractivity contribution >= 4 is 0 Å². The molecule has 0 aliphatic rings. The molecule has 0 saturated heterocycles. The fourth-order valence-electron chi connectivity index (χ4n) is 0.622. The van der Waals surface area contributed by atoms with Crippen LogP contribution in [0, 0.1) is 11.3 Å². The molecule has 0 aromatic rings. The minimum absolute atomic E-state index is 0.0892. The van der Waals surface area contributed by atoms with E-state index < -0.39 is 0 Å². The Bertz CT molecular complexity index is 208. The smallest absolute Gasteiger partial charge is 0.132 e. The molecule has 2 nitrogen and oxygen atoms in total. The molecular formula is C9H13NO. The van der Waals surface area contributed by atoms with Gasteiger partial charge in [0.1, 0.15) is 11.8 Å². The summed E-state index contributed by atoms with van der Waals surface area (Å²) in [7, 11) is 0. The lowest BCUT2D eigenvalue weighted by atomic mass is 10.2. The molecule has 0 atom stereocenters. The van der Waals surface area contributed by atoms with E-state index in [4.69, 9.17) is 10.00 Å². The van der Waals surface area contributed by atoms with Gasteiger partial charge in [-0.15, -0.1) is 0 Å². The lowest BCUT2D eigenvalue weighted by Crippen LogP contribution is -2.02. The average Bonchev–Trinajstić information content (AvgIpc) is 1.98. The van der Waals surface area contributed by atoms with Gasteiger partial charge in [-0.25, -0.2) is 0 Å². The van der Waals surface area contributed by atoms with Crippen LogP contribution in [-0.4, -0.2) is 6.10 Å². The largest absolute Gasteiger partial charge is 0.490 e. The summed E-state index contributed by atoms with van der Waals surface area (Å²) in [6.45, 7) is 9.18. The van der Waals surface area contributed by atoms with E-state index in [2.05, 4.69) is 6.58 Å². The average molecular weight is 151 g/mol. The Labute approximate surface area is 67.8 Å². The highest BCUT2D eigenvalue weighted by atomic mass is 16.5. The van der Waals surface area contributed by atoms with E-state index in [-0.39, 0.29) is 6.10 Å². The van der Waals surface area contributed by atoms with Crippen LogP contribution in [0.15, 0.2) is 24.0 Å². The maximum Gasteiger partial charge on any atom is 0.132 e. The zero-order chi connectivity index (χ0) is 8.85. The summed E-state index contributed by atoms with van der Waals surface area (Å²) < 4.78 is 5.29. The molecule has 0 spiro atoms. The Kier molecular flexibility index (Phi) is 4.05. The van der Waals surface area contributed by atoms with Crippen LogP contribution in [0.4, 0.5) is 0 Å². The van der Waals surface area contributed by atoms with E-state index in [9.17, 15) is 0 Å². The molecule has 0 amide bonds. The van der Waals surface area contributed by atoms with Crippen LogP contribution in [0.1, 0.15) is 20.8 Å². The van der Waals surface area contributed by atoms with Crippen LogP contribution >= 0.6 is 0 Å². The quantitative estimate of drug-likeness (QED) is 0.352. The topological polar surface area (TPSA) is 33.0 Å². The van der Waals surface area contributed by atoms with Gasteiger partial charge in [0.05, 0.1) is 11.7 Å². The monoisotopic (exact) mass is 151 g/mol. The van der Waals surface area contributed by atoms with Crippen molar-refractivity contribution in [2.75, 3.05) is 0 Å². The minimum atomic E-state index is 0.0892. The van der Waals surface area contributed by atoms with Gasteiger partial charge in [-0.1, -0.05) is 6.58 Å². The molecule has 11 heavy (non-hydrogen) atoms. The first-order valence-electron chi connectivity index (χ1n) is 3.54. The van der Waals surface area contributed by atoms with Crippen molar-refractivity contribution in [3.63, 3.8) is 0 Å². The molecule has 0 saturated carbocycles. The van der Waals surface area contributed by atoms with Gasteiger partial charge >= 0.3 is 0 Å². The molecule has 0 rings (SSSR count). The van der Waals surface area contributed by atoms with Gasteiger partial charge in [0.2, 0.25) is 0 Å². The summed E-state index contributed by atoms with van der Waals surface area (Å²) in [5.74, 6) is 0.572. The van der Waals surface area contributed by atoms with Crippen molar-refractivity contribution in [1.29, 1.82) is 5.26 Å². The summed E-state index contributed by atoms with van der Waals surface area (Å²) in [4.78, 5) is 0. The molecule has 0 unspecified atom stereocenters. The van der Waals surface area contributed by atoms with Crippen molar-refractivity contribution in [2.24, 2.45) is 0 Å². The normalized spacial score (nSPS) is 11.0. The molecule has 0 aliphatic carbocycles. The van der Waals surface area contributed by atoms with Crippen LogP contribution in [0.2, 0.25) is 0 Å². The van der Waals surface area contributed by atoms with Crippen LogP contribution in [0.5, 0.6) is 0 Å². The number of ether oxygens (including phenoxy) is 1. The highest BCUT2D eigenvalue weighted by molar-refractivity contribution is 5.34. The molecule has 0 aromatic carbocycles. The van der Waals surface area contributed by atoms with Gasteiger partial charge in [-0.2, -0.15) is 5.26 Å². The van der Waals surface area contributed by atoms with Crippen LogP contribution < -0.4 is 0 Å². The number of nitrogens with zero attached hydrogens (tertiary/aromatic N) is 1. The van der Waals surface area contributed by atoms with Crippen molar-refractivity contribution in [1.82, 2.24) is 0 Å². The predicted octanol–water partition coefficient (Wildman–Crippen LogP) is 2.39. The molecule has 0 heterocycles. The standard InChI is InChI=1S/C9H13NO/c1-5-9(8(4)6-10)11-7(2)3/h5,7H,4H2,1-3H3. The highest BCUT2D eigenvalue weighted by Gasteiger charge is 2.03. The Morgan fingerprint density at radius 2 is 2.18 bits per heavy atom. The van der Waals surface area contributed by atoms with Crippen LogP contribution in [-0.2, 0) is 4.74 Å². The zero-order valence-electron chi connectivity index (χ0n) is 7.22. The van der Waals surface area contributed by atoms with E-state index in [1.165, 1.54) is 0 Å². The Hall–Kier alpha value is -1.23. The van der Waals surface area contributed by atoms with E-state index in [0.29, 0.717) is 11.3 Å². The number of rotatable bonds is 3.